The molecule has 1 N–H and O–H groups in total. The van der Waals surface area contributed by atoms with Crippen LogP contribution in [0.25, 0.3) is 0 Å². The molecule has 0 aromatic heterocycles. The fraction of sp³-hybridized carbons (Fsp3) is 0.500. The molecule has 0 aliphatic heterocycles. The number of carbonyl (C=O) groups is 2. The Balaban J connectivity index is 2.23. The summed E-state index contributed by atoms with van der Waals surface area (Å²) in [7, 11) is 0. The SMILES string of the molecule is CC[C@H](C(=O)NC(C)(C)C)N(Cc1ccccc1C)C(=O)COc1ccc(C(C)(C)C)cc1. The van der Waals surface area contributed by atoms with E-state index in [1.165, 1.54) is 5.56 Å². The first-order chi connectivity index (χ1) is 15.3. The van der Waals surface area contributed by atoms with Gasteiger partial charge in [0.05, 0.1) is 0 Å². The fourth-order valence-corrected chi connectivity index (χ4v) is 3.62. The third-order valence-corrected chi connectivity index (χ3v) is 5.57. The zero-order chi connectivity index (χ0) is 24.8. The molecule has 1 atom stereocenters. The third kappa shape index (κ3) is 7.92. The van der Waals surface area contributed by atoms with Gasteiger partial charge < -0.3 is 15.0 Å². The van der Waals surface area contributed by atoms with Gasteiger partial charge in [0, 0.05) is 12.1 Å². The maximum absolute atomic E-state index is 13.3. The molecule has 2 rings (SSSR count). The van der Waals surface area contributed by atoms with E-state index in [0.717, 1.165) is 11.1 Å². The lowest BCUT2D eigenvalue weighted by molar-refractivity contribution is -0.143. The lowest BCUT2D eigenvalue weighted by atomic mass is 9.87. The van der Waals surface area contributed by atoms with Crippen LogP contribution in [0.4, 0.5) is 0 Å². The zero-order valence-electron chi connectivity index (χ0n) is 21.5. The number of ether oxygens (including phenoxy) is 1. The monoisotopic (exact) mass is 452 g/mol. The molecule has 0 fully saturated rings. The van der Waals surface area contributed by atoms with Gasteiger partial charge in [-0.2, -0.15) is 0 Å². The van der Waals surface area contributed by atoms with E-state index >= 15 is 0 Å². The summed E-state index contributed by atoms with van der Waals surface area (Å²) in [6.45, 7) is 16.5. The van der Waals surface area contributed by atoms with Crippen LogP contribution in [-0.4, -0.2) is 34.9 Å². The summed E-state index contributed by atoms with van der Waals surface area (Å²) >= 11 is 0. The predicted octanol–water partition coefficient (Wildman–Crippen LogP) is 5.39. The lowest BCUT2D eigenvalue weighted by Crippen LogP contribution is -2.54. The molecule has 180 valence electrons. The van der Waals surface area contributed by atoms with Crippen molar-refractivity contribution < 1.29 is 14.3 Å². The number of amides is 2. The highest BCUT2D eigenvalue weighted by Gasteiger charge is 2.31. The van der Waals surface area contributed by atoms with Crippen LogP contribution < -0.4 is 10.1 Å². The minimum Gasteiger partial charge on any atom is -0.484 e. The van der Waals surface area contributed by atoms with E-state index in [1.54, 1.807) is 4.90 Å². The number of hydrogen-bond donors (Lipinski definition) is 1. The Morgan fingerprint density at radius 2 is 1.58 bits per heavy atom. The second-order valence-electron chi connectivity index (χ2n) is 10.7. The molecule has 5 nitrogen and oxygen atoms in total. The minimum absolute atomic E-state index is 0.0491. The molecule has 0 saturated heterocycles. The third-order valence-electron chi connectivity index (χ3n) is 5.57. The minimum atomic E-state index is -0.580. The maximum Gasteiger partial charge on any atom is 0.261 e. The van der Waals surface area contributed by atoms with Crippen molar-refractivity contribution in [3.63, 3.8) is 0 Å². The highest BCUT2D eigenvalue weighted by molar-refractivity contribution is 5.88. The Kier molecular flexibility index (Phi) is 8.70. The Bertz CT molecular complexity index is 937. The Morgan fingerprint density at radius 1 is 0.970 bits per heavy atom. The molecular weight excluding hydrogens is 412 g/mol. The first-order valence-electron chi connectivity index (χ1n) is 11.7. The molecule has 5 heteroatoms. The highest BCUT2D eigenvalue weighted by Crippen LogP contribution is 2.24. The van der Waals surface area contributed by atoms with Crippen LogP contribution in [0, 0.1) is 6.92 Å². The van der Waals surface area contributed by atoms with Gasteiger partial charge in [0.25, 0.3) is 5.91 Å². The molecule has 2 amide bonds. The average Bonchev–Trinajstić information content (AvgIpc) is 2.71. The number of aryl methyl sites for hydroxylation is 1. The summed E-state index contributed by atoms with van der Waals surface area (Å²) in [6.07, 6.45) is 0.514. The van der Waals surface area contributed by atoms with Gasteiger partial charge in [-0.15, -0.1) is 0 Å². The van der Waals surface area contributed by atoms with Crippen LogP contribution in [0.3, 0.4) is 0 Å². The van der Waals surface area contributed by atoms with Gasteiger partial charge in [0.2, 0.25) is 5.91 Å². The summed E-state index contributed by atoms with van der Waals surface area (Å²) in [5.41, 5.74) is 2.97. The summed E-state index contributed by atoms with van der Waals surface area (Å²) in [5, 5.41) is 3.03. The van der Waals surface area contributed by atoms with Gasteiger partial charge in [-0.1, -0.05) is 64.1 Å². The Morgan fingerprint density at radius 3 is 2.09 bits per heavy atom. The topological polar surface area (TPSA) is 58.6 Å². The van der Waals surface area contributed by atoms with E-state index in [9.17, 15) is 9.59 Å². The number of nitrogens with zero attached hydrogens (tertiary/aromatic N) is 1. The predicted molar refractivity (Wildman–Crippen MR) is 134 cm³/mol. The van der Waals surface area contributed by atoms with Gasteiger partial charge >= 0.3 is 0 Å². The quantitative estimate of drug-likeness (QED) is 0.584. The van der Waals surface area contributed by atoms with E-state index in [0.29, 0.717) is 18.7 Å². The highest BCUT2D eigenvalue weighted by atomic mass is 16.5. The molecule has 0 bridgehead atoms. The van der Waals surface area contributed by atoms with Gasteiger partial charge in [-0.25, -0.2) is 0 Å². The van der Waals surface area contributed by atoms with Crippen LogP contribution in [0.15, 0.2) is 48.5 Å². The first kappa shape index (κ1) is 26.4. The van der Waals surface area contributed by atoms with E-state index in [1.807, 2.05) is 83.1 Å². The van der Waals surface area contributed by atoms with Crippen LogP contribution >= 0.6 is 0 Å². The molecular formula is C28H40N2O3. The fourth-order valence-electron chi connectivity index (χ4n) is 3.62. The summed E-state index contributed by atoms with van der Waals surface area (Å²) in [6, 6.07) is 15.2. The van der Waals surface area contributed by atoms with Gasteiger partial charge in [-0.3, -0.25) is 9.59 Å². The van der Waals surface area contributed by atoms with E-state index in [4.69, 9.17) is 4.74 Å². The first-order valence-corrected chi connectivity index (χ1v) is 11.7. The van der Waals surface area contributed by atoms with E-state index in [2.05, 4.69) is 26.1 Å². The van der Waals surface area contributed by atoms with Crippen molar-refractivity contribution in [3.8, 4) is 5.75 Å². The molecule has 0 spiro atoms. The second kappa shape index (κ2) is 10.9. The van der Waals surface area contributed by atoms with Crippen molar-refractivity contribution in [2.45, 2.75) is 85.4 Å². The van der Waals surface area contributed by atoms with E-state index in [-0.39, 0.29) is 29.4 Å². The molecule has 2 aromatic carbocycles. The molecule has 33 heavy (non-hydrogen) atoms. The number of benzene rings is 2. The maximum atomic E-state index is 13.3. The summed E-state index contributed by atoms with van der Waals surface area (Å²) < 4.78 is 5.84. The standard InChI is InChI=1S/C28H40N2O3/c1-9-24(26(32)29-28(6,7)8)30(18-21-13-11-10-12-20(21)2)25(31)19-33-23-16-14-22(15-17-23)27(3,4)5/h10-17,24H,9,18-19H2,1-8H3,(H,29,32)/t24-/m1/s1. The second-order valence-corrected chi connectivity index (χ2v) is 10.7. The Hall–Kier alpha value is -2.82. The van der Waals surface area contributed by atoms with Crippen LogP contribution in [0.2, 0.25) is 0 Å². The number of rotatable bonds is 8. The Labute approximate surface area is 199 Å². The number of carbonyl (C=O) groups excluding carboxylic acids is 2. The van der Waals surface area contributed by atoms with Crippen LogP contribution in [0.1, 0.15) is 71.6 Å². The van der Waals surface area contributed by atoms with Gasteiger partial charge in [0.15, 0.2) is 6.61 Å². The van der Waals surface area contributed by atoms with Crippen molar-refractivity contribution in [1.29, 1.82) is 0 Å². The number of hydrogen-bond acceptors (Lipinski definition) is 3. The zero-order valence-corrected chi connectivity index (χ0v) is 21.5. The normalized spacial score (nSPS) is 12.7. The van der Waals surface area contributed by atoms with Crippen molar-refractivity contribution in [2.75, 3.05) is 6.61 Å². The molecule has 0 saturated carbocycles. The van der Waals surface area contributed by atoms with Crippen molar-refractivity contribution in [3.05, 3.63) is 65.2 Å². The van der Waals surface area contributed by atoms with Crippen LogP contribution in [0.5, 0.6) is 5.75 Å². The largest absolute Gasteiger partial charge is 0.484 e. The summed E-state index contributed by atoms with van der Waals surface area (Å²) in [5.74, 6) is 0.273. The van der Waals surface area contributed by atoms with E-state index < -0.39 is 6.04 Å². The molecule has 0 aliphatic rings. The van der Waals surface area contributed by atoms with Crippen LogP contribution in [-0.2, 0) is 21.5 Å². The van der Waals surface area contributed by atoms with Crippen molar-refractivity contribution in [2.24, 2.45) is 0 Å². The van der Waals surface area contributed by atoms with Crippen molar-refractivity contribution >= 4 is 11.8 Å². The number of nitrogens with one attached hydrogen (secondary N) is 1. The summed E-state index contributed by atoms with van der Waals surface area (Å²) in [4.78, 5) is 28.1. The molecule has 2 aromatic rings. The smallest absolute Gasteiger partial charge is 0.261 e. The van der Waals surface area contributed by atoms with Crippen molar-refractivity contribution in [1.82, 2.24) is 10.2 Å². The molecule has 0 radical (unpaired) electrons. The molecule has 0 aliphatic carbocycles. The lowest BCUT2D eigenvalue weighted by Gasteiger charge is -2.33. The average molecular weight is 453 g/mol. The van der Waals surface area contributed by atoms with Gasteiger partial charge in [0.1, 0.15) is 11.8 Å². The van der Waals surface area contributed by atoms with Gasteiger partial charge in [-0.05, 0) is 68.4 Å². The molecule has 0 heterocycles. The molecule has 0 unspecified atom stereocenters.